The normalized spacial score (nSPS) is 19.3. The molecule has 0 atom stereocenters. The van der Waals surface area contributed by atoms with Gasteiger partial charge in [0.15, 0.2) is 0 Å². The number of rotatable bonds is 8. The van der Waals surface area contributed by atoms with Gasteiger partial charge in [0.1, 0.15) is 0 Å². The maximum atomic E-state index is 12.4. The summed E-state index contributed by atoms with van der Waals surface area (Å²) in [5, 5.41) is 15.0. The number of nitrogens with zero attached hydrogens (tertiary/aromatic N) is 1. The van der Waals surface area contributed by atoms with Crippen LogP contribution in [0.4, 0.5) is 10.5 Å². The van der Waals surface area contributed by atoms with Gasteiger partial charge in [0.05, 0.1) is 6.54 Å². The van der Waals surface area contributed by atoms with Gasteiger partial charge in [-0.1, -0.05) is 46.8 Å². The molecule has 0 bridgehead atoms. The van der Waals surface area contributed by atoms with Crippen LogP contribution in [0.25, 0.3) is 0 Å². The van der Waals surface area contributed by atoms with E-state index in [1.54, 1.807) is 0 Å². The lowest BCUT2D eigenvalue weighted by Gasteiger charge is -2.42. The van der Waals surface area contributed by atoms with Gasteiger partial charge in [-0.25, -0.2) is 4.79 Å². The van der Waals surface area contributed by atoms with Crippen molar-refractivity contribution in [2.75, 3.05) is 18.4 Å². The summed E-state index contributed by atoms with van der Waals surface area (Å²) in [4.78, 5) is 25.3. The van der Waals surface area contributed by atoms with Crippen LogP contribution < -0.4 is 10.6 Å². The first-order valence-corrected chi connectivity index (χ1v) is 9.88. The number of likely N-dealkylation sites (N-methyl/N-ethyl adjacent to an activating group) is 1. The summed E-state index contributed by atoms with van der Waals surface area (Å²) in [5.74, 6) is -0.0390. The molecule has 1 saturated carbocycles. The van der Waals surface area contributed by atoms with Crippen LogP contribution in [0.2, 0.25) is 0 Å². The van der Waals surface area contributed by atoms with Crippen LogP contribution >= 0.6 is 0 Å². The average Bonchev–Trinajstić information content (AvgIpc) is 2.55. The number of hydrogen-bond acceptors (Lipinski definition) is 3. The lowest BCUT2D eigenvalue weighted by atomic mass is 9.85. The van der Waals surface area contributed by atoms with Crippen LogP contribution in [0.15, 0.2) is 18.2 Å². The first-order valence-electron chi connectivity index (χ1n) is 9.88. The molecule has 2 rings (SSSR count). The van der Waals surface area contributed by atoms with Gasteiger partial charge >= 0.3 is 12.0 Å². The molecule has 0 heterocycles. The zero-order valence-electron chi connectivity index (χ0n) is 17.1. The number of aliphatic carboxylic acids is 1. The summed E-state index contributed by atoms with van der Waals surface area (Å²) < 4.78 is 0. The molecule has 1 aliphatic carbocycles. The molecule has 0 aliphatic heterocycles. The number of amides is 2. The van der Waals surface area contributed by atoms with E-state index < -0.39 is 5.97 Å². The summed E-state index contributed by atoms with van der Waals surface area (Å²) >= 11 is 0. The standard InChI is InChI=1S/C21H33N3O3/c1-6-24(12-20(25)26)17-10-16(11-17)22-21(27)23-19-8-7-15(13(2)3)9-18(19)14(4)5/h7-9,13-14,16-17H,6,10-12H2,1-5H3,(H,25,26)(H2,22,23,27). The SMILES string of the molecule is CCN(CC(=O)O)C1CC(NC(=O)Nc2ccc(C(C)C)cc2C(C)C)C1. The van der Waals surface area contributed by atoms with E-state index in [2.05, 4.69) is 50.5 Å². The molecule has 150 valence electrons. The van der Waals surface area contributed by atoms with Crippen molar-refractivity contribution in [3.8, 4) is 0 Å². The van der Waals surface area contributed by atoms with Gasteiger partial charge in [-0.2, -0.15) is 0 Å². The molecular weight excluding hydrogens is 342 g/mol. The second kappa shape index (κ2) is 9.22. The molecule has 0 spiro atoms. The highest BCUT2D eigenvalue weighted by Crippen LogP contribution is 2.29. The van der Waals surface area contributed by atoms with Gasteiger partial charge in [0.25, 0.3) is 0 Å². The third-order valence-electron chi connectivity index (χ3n) is 5.32. The summed E-state index contributed by atoms with van der Waals surface area (Å²) in [5.41, 5.74) is 3.26. The third kappa shape index (κ3) is 5.70. The molecule has 2 amide bonds. The topological polar surface area (TPSA) is 81.7 Å². The highest BCUT2D eigenvalue weighted by atomic mass is 16.4. The van der Waals surface area contributed by atoms with Crippen LogP contribution in [0.5, 0.6) is 0 Å². The number of urea groups is 1. The van der Waals surface area contributed by atoms with Gasteiger partial charge < -0.3 is 15.7 Å². The number of hydrogen-bond donors (Lipinski definition) is 3. The molecule has 27 heavy (non-hydrogen) atoms. The van der Waals surface area contributed by atoms with E-state index in [1.807, 2.05) is 17.9 Å². The van der Waals surface area contributed by atoms with E-state index in [0.717, 1.165) is 24.1 Å². The number of carboxylic acid groups (broad SMARTS) is 1. The molecule has 0 unspecified atom stereocenters. The smallest absolute Gasteiger partial charge is 0.319 e. The van der Waals surface area contributed by atoms with Crippen molar-refractivity contribution in [2.24, 2.45) is 0 Å². The zero-order chi connectivity index (χ0) is 20.1. The molecular formula is C21H33N3O3. The zero-order valence-corrected chi connectivity index (χ0v) is 17.1. The van der Waals surface area contributed by atoms with Crippen LogP contribution in [-0.2, 0) is 4.79 Å². The minimum absolute atomic E-state index is 0.0556. The van der Waals surface area contributed by atoms with Gasteiger partial charge in [0.2, 0.25) is 0 Å². The Labute approximate surface area is 162 Å². The van der Waals surface area contributed by atoms with Gasteiger partial charge in [-0.15, -0.1) is 0 Å². The van der Waals surface area contributed by atoms with Gasteiger partial charge in [-0.3, -0.25) is 9.69 Å². The fraction of sp³-hybridized carbons (Fsp3) is 0.619. The Hall–Kier alpha value is -2.08. The van der Waals surface area contributed by atoms with Crippen molar-refractivity contribution in [1.29, 1.82) is 0 Å². The molecule has 6 heteroatoms. The van der Waals surface area contributed by atoms with E-state index in [9.17, 15) is 9.59 Å². The lowest BCUT2D eigenvalue weighted by molar-refractivity contribution is -0.139. The maximum Gasteiger partial charge on any atom is 0.319 e. The first kappa shape index (κ1) is 21.2. The van der Waals surface area contributed by atoms with Crippen LogP contribution in [0, 0.1) is 0 Å². The molecule has 6 nitrogen and oxygen atoms in total. The van der Waals surface area contributed by atoms with E-state index in [-0.39, 0.29) is 24.7 Å². The van der Waals surface area contributed by atoms with E-state index in [1.165, 1.54) is 5.56 Å². The van der Waals surface area contributed by atoms with Crippen LogP contribution in [0.3, 0.4) is 0 Å². The number of benzene rings is 1. The highest BCUT2D eigenvalue weighted by molar-refractivity contribution is 5.90. The van der Waals surface area contributed by atoms with Gasteiger partial charge in [-0.05, 0) is 48.4 Å². The molecule has 1 aliphatic rings. The van der Waals surface area contributed by atoms with E-state index in [0.29, 0.717) is 18.4 Å². The minimum atomic E-state index is -0.808. The van der Waals surface area contributed by atoms with Crippen molar-refractivity contribution in [3.05, 3.63) is 29.3 Å². The molecule has 3 N–H and O–H groups in total. The van der Waals surface area contributed by atoms with Crippen LogP contribution in [0.1, 0.15) is 70.4 Å². The fourth-order valence-corrected chi connectivity index (χ4v) is 3.55. The quantitative estimate of drug-likeness (QED) is 0.642. The lowest BCUT2D eigenvalue weighted by Crippen LogP contribution is -2.55. The number of carbonyl (C=O) groups excluding carboxylic acids is 1. The number of nitrogens with one attached hydrogen (secondary N) is 2. The molecule has 0 radical (unpaired) electrons. The van der Waals surface area contributed by atoms with Crippen molar-refractivity contribution >= 4 is 17.7 Å². The number of anilines is 1. The average molecular weight is 376 g/mol. The number of carbonyl (C=O) groups is 2. The summed E-state index contributed by atoms with van der Waals surface area (Å²) in [6, 6.07) is 6.35. The summed E-state index contributed by atoms with van der Waals surface area (Å²) in [6.45, 7) is 11.3. The molecule has 1 aromatic carbocycles. The van der Waals surface area contributed by atoms with E-state index >= 15 is 0 Å². The fourth-order valence-electron chi connectivity index (χ4n) is 3.55. The Morgan fingerprint density at radius 1 is 1.19 bits per heavy atom. The Balaban J connectivity index is 1.91. The largest absolute Gasteiger partial charge is 0.480 e. The predicted octanol–water partition coefficient (Wildman–Crippen LogP) is 3.99. The van der Waals surface area contributed by atoms with Crippen molar-refractivity contribution in [1.82, 2.24) is 10.2 Å². The Morgan fingerprint density at radius 2 is 1.85 bits per heavy atom. The second-order valence-corrected chi connectivity index (χ2v) is 8.03. The molecule has 1 fully saturated rings. The minimum Gasteiger partial charge on any atom is -0.480 e. The second-order valence-electron chi connectivity index (χ2n) is 8.03. The summed E-state index contributed by atoms with van der Waals surface area (Å²) in [6.07, 6.45) is 1.58. The Kier molecular flexibility index (Phi) is 7.25. The predicted molar refractivity (Wildman–Crippen MR) is 108 cm³/mol. The Morgan fingerprint density at radius 3 is 2.37 bits per heavy atom. The van der Waals surface area contributed by atoms with Crippen molar-refractivity contribution in [2.45, 2.75) is 71.4 Å². The highest BCUT2D eigenvalue weighted by Gasteiger charge is 2.34. The first-order chi connectivity index (χ1) is 12.7. The molecule has 0 saturated heterocycles. The Bertz CT molecular complexity index is 667. The van der Waals surface area contributed by atoms with Crippen molar-refractivity contribution < 1.29 is 14.7 Å². The monoisotopic (exact) mass is 375 g/mol. The maximum absolute atomic E-state index is 12.4. The van der Waals surface area contributed by atoms with Crippen LogP contribution in [-0.4, -0.2) is 47.2 Å². The molecule has 1 aromatic rings. The van der Waals surface area contributed by atoms with Crippen molar-refractivity contribution in [3.63, 3.8) is 0 Å². The summed E-state index contributed by atoms with van der Waals surface area (Å²) in [7, 11) is 0. The number of carboxylic acids is 1. The van der Waals surface area contributed by atoms with E-state index in [4.69, 9.17) is 5.11 Å². The van der Waals surface area contributed by atoms with Gasteiger partial charge in [0, 0.05) is 17.8 Å². The molecule has 0 aromatic heterocycles. The third-order valence-corrected chi connectivity index (χ3v) is 5.32.